The number of guanidine groups is 1. The molecule has 0 aliphatic heterocycles. The van der Waals surface area contributed by atoms with Crippen molar-refractivity contribution in [1.29, 1.82) is 0 Å². The third-order valence-electron chi connectivity index (χ3n) is 3.13. The van der Waals surface area contributed by atoms with Crippen LogP contribution >= 0.6 is 0 Å². The summed E-state index contributed by atoms with van der Waals surface area (Å²) in [6.07, 6.45) is 4.04. The van der Waals surface area contributed by atoms with Gasteiger partial charge in [0.15, 0.2) is 5.96 Å². The molecule has 1 aliphatic rings. The van der Waals surface area contributed by atoms with Gasteiger partial charge in [0.1, 0.15) is 0 Å². The normalized spacial score (nSPS) is 24.6. The lowest BCUT2D eigenvalue weighted by Crippen LogP contribution is -2.39. The van der Waals surface area contributed by atoms with Crippen LogP contribution in [0, 0.1) is 5.92 Å². The number of aliphatic imine (C=N–C) groups is 1. The van der Waals surface area contributed by atoms with Crippen molar-refractivity contribution >= 4 is 16.0 Å². The molecular weight excluding hydrogens is 268 g/mol. The van der Waals surface area contributed by atoms with Crippen LogP contribution in [0.3, 0.4) is 0 Å². The fraction of sp³-hybridized carbons (Fsp3) is 0.909. The van der Waals surface area contributed by atoms with Gasteiger partial charge >= 0.3 is 0 Å². The molecule has 0 aromatic heterocycles. The quantitative estimate of drug-likeness (QED) is 0.325. The Kier molecular flexibility index (Phi) is 6.53. The zero-order valence-electron chi connectivity index (χ0n) is 11.6. The molecule has 8 heteroatoms. The first-order chi connectivity index (χ1) is 8.92. The summed E-state index contributed by atoms with van der Waals surface area (Å²) in [7, 11) is -1.54. The van der Waals surface area contributed by atoms with Gasteiger partial charge in [0.2, 0.25) is 10.0 Å². The summed E-state index contributed by atoms with van der Waals surface area (Å²) in [6, 6.07) is -0.0227. The van der Waals surface area contributed by atoms with Gasteiger partial charge in [0.05, 0.1) is 12.9 Å². The van der Waals surface area contributed by atoms with Crippen molar-refractivity contribution in [3.05, 3.63) is 0 Å². The third-order valence-corrected chi connectivity index (χ3v) is 3.86. The topological polar surface area (TPSA) is 106 Å². The predicted molar refractivity (Wildman–Crippen MR) is 75.5 cm³/mol. The molecule has 0 bridgehead atoms. The van der Waals surface area contributed by atoms with E-state index in [0.29, 0.717) is 25.7 Å². The summed E-state index contributed by atoms with van der Waals surface area (Å²) in [5, 5.41) is 2.93. The number of methoxy groups -OCH3 is 1. The number of hydrogen-bond donors (Lipinski definition) is 3. The van der Waals surface area contributed by atoms with Crippen LogP contribution in [0.1, 0.15) is 19.3 Å². The molecule has 4 N–H and O–H groups in total. The van der Waals surface area contributed by atoms with Gasteiger partial charge in [-0.2, -0.15) is 0 Å². The van der Waals surface area contributed by atoms with E-state index in [-0.39, 0.29) is 12.0 Å². The number of hydrogen-bond acceptors (Lipinski definition) is 4. The molecule has 0 aromatic rings. The SMILES string of the molecule is COCCNC(N)=NCC1CCCC1NS(C)(=O)=O. The van der Waals surface area contributed by atoms with E-state index in [4.69, 9.17) is 10.5 Å². The van der Waals surface area contributed by atoms with E-state index in [1.807, 2.05) is 0 Å². The molecule has 19 heavy (non-hydrogen) atoms. The molecule has 1 rings (SSSR count). The average Bonchev–Trinajstić information content (AvgIpc) is 2.72. The Morgan fingerprint density at radius 3 is 2.84 bits per heavy atom. The number of nitrogens with one attached hydrogen (secondary N) is 2. The van der Waals surface area contributed by atoms with Crippen LogP contribution in [-0.2, 0) is 14.8 Å². The lowest BCUT2D eigenvalue weighted by molar-refractivity contribution is 0.204. The molecule has 0 amide bonds. The monoisotopic (exact) mass is 292 g/mol. The summed E-state index contributed by atoms with van der Waals surface area (Å²) >= 11 is 0. The molecule has 2 unspecified atom stereocenters. The zero-order chi connectivity index (χ0) is 14.3. The highest BCUT2D eigenvalue weighted by atomic mass is 32.2. The molecule has 112 valence electrons. The van der Waals surface area contributed by atoms with E-state index >= 15 is 0 Å². The van der Waals surface area contributed by atoms with Gasteiger partial charge in [-0.3, -0.25) is 4.99 Å². The van der Waals surface area contributed by atoms with Gasteiger partial charge < -0.3 is 15.8 Å². The van der Waals surface area contributed by atoms with E-state index in [2.05, 4.69) is 15.0 Å². The molecule has 7 nitrogen and oxygen atoms in total. The van der Waals surface area contributed by atoms with Crippen molar-refractivity contribution in [3.8, 4) is 0 Å². The van der Waals surface area contributed by atoms with E-state index in [1.54, 1.807) is 7.11 Å². The van der Waals surface area contributed by atoms with Crippen LogP contribution in [0.5, 0.6) is 0 Å². The number of rotatable bonds is 7. The van der Waals surface area contributed by atoms with Crippen LogP contribution < -0.4 is 15.8 Å². The van der Waals surface area contributed by atoms with Crippen molar-refractivity contribution in [2.24, 2.45) is 16.6 Å². The molecule has 1 fully saturated rings. The maximum absolute atomic E-state index is 11.2. The highest BCUT2D eigenvalue weighted by Gasteiger charge is 2.29. The third kappa shape index (κ3) is 6.74. The summed E-state index contributed by atoms with van der Waals surface area (Å²) in [6.45, 7) is 1.72. The molecule has 0 saturated heterocycles. The average molecular weight is 292 g/mol. The van der Waals surface area contributed by atoms with Crippen LogP contribution in [0.2, 0.25) is 0 Å². The maximum Gasteiger partial charge on any atom is 0.208 e. The van der Waals surface area contributed by atoms with Crippen LogP contribution in [-0.4, -0.2) is 53.5 Å². The van der Waals surface area contributed by atoms with Crippen molar-refractivity contribution in [2.45, 2.75) is 25.3 Å². The Bertz CT molecular complexity index is 397. The highest BCUT2D eigenvalue weighted by molar-refractivity contribution is 7.88. The molecule has 0 heterocycles. The van der Waals surface area contributed by atoms with Crippen molar-refractivity contribution in [1.82, 2.24) is 10.0 Å². The van der Waals surface area contributed by atoms with Gasteiger partial charge in [-0.05, 0) is 18.8 Å². The first kappa shape index (κ1) is 16.2. The Hall–Kier alpha value is -0.860. The maximum atomic E-state index is 11.2. The van der Waals surface area contributed by atoms with Gasteiger partial charge in [0.25, 0.3) is 0 Å². The molecule has 0 aromatic carbocycles. The first-order valence-electron chi connectivity index (χ1n) is 6.42. The smallest absolute Gasteiger partial charge is 0.208 e. The second-order valence-electron chi connectivity index (χ2n) is 4.83. The number of ether oxygens (including phenoxy) is 1. The first-order valence-corrected chi connectivity index (χ1v) is 8.31. The van der Waals surface area contributed by atoms with Gasteiger partial charge in [-0.15, -0.1) is 0 Å². The lowest BCUT2D eigenvalue weighted by atomic mass is 10.1. The van der Waals surface area contributed by atoms with Gasteiger partial charge in [-0.25, -0.2) is 13.1 Å². The summed E-state index contributed by atoms with van der Waals surface area (Å²) in [5.74, 6) is 0.597. The number of sulfonamides is 1. The Labute approximate surface area is 115 Å². The van der Waals surface area contributed by atoms with Gasteiger partial charge in [0, 0.05) is 26.2 Å². The summed E-state index contributed by atoms with van der Waals surface area (Å²) < 4.78 is 30.1. The number of nitrogens with zero attached hydrogens (tertiary/aromatic N) is 1. The standard InChI is InChI=1S/C11H24N4O3S/c1-18-7-6-13-11(12)14-8-9-4-3-5-10(9)15-19(2,16)17/h9-10,15H,3-8H2,1-2H3,(H3,12,13,14). The minimum atomic E-state index is -3.16. The molecule has 1 saturated carbocycles. The molecule has 0 spiro atoms. The van der Waals surface area contributed by atoms with Crippen molar-refractivity contribution < 1.29 is 13.2 Å². The minimum Gasteiger partial charge on any atom is -0.383 e. The second-order valence-corrected chi connectivity index (χ2v) is 6.61. The molecule has 2 atom stereocenters. The summed E-state index contributed by atoms with van der Waals surface area (Å²) in [5.41, 5.74) is 5.71. The minimum absolute atomic E-state index is 0.0227. The Morgan fingerprint density at radius 2 is 2.21 bits per heavy atom. The second kappa shape index (κ2) is 7.66. The molecule has 0 radical (unpaired) electrons. The zero-order valence-corrected chi connectivity index (χ0v) is 12.4. The van der Waals surface area contributed by atoms with E-state index in [9.17, 15) is 8.42 Å². The van der Waals surface area contributed by atoms with Crippen LogP contribution in [0.4, 0.5) is 0 Å². The van der Waals surface area contributed by atoms with E-state index in [0.717, 1.165) is 19.3 Å². The van der Waals surface area contributed by atoms with Crippen LogP contribution in [0.15, 0.2) is 4.99 Å². The Balaban J connectivity index is 2.40. The summed E-state index contributed by atoms with van der Waals surface area (Å²) in [4.78, 5) is 4.25. The molecule has 1 aliphatic carbocycles. The lowest BCUT2D eigenvalue weighted by Gasteiger charge is -2.18. The fourth-order valence-corrected chi connectivity index (χ4v) is 3.10. The van der Waals surface area contributed by atoms with Crippen molar-refractivity contribution in [2.75, 3.05) is 33.1 Å². The Morgan fingerprint density at radius 1 is 1.47 bits per heavy atom. The predicted octanol–water partition coefficient (Wildman–Crippen LogP) is -0.745. The van der Waals surface area contributed by atoms with E-state index < -0.39 is 10.0 Å². The number of nitrogens with two attached hydrogens (primary N) is 1. The van der Waals surface area contributed by atoms with E-state index in [1.165, 1.54) is 6.26 Å². The largest absolute Gasteiger partial charge is 0.383 e. The molecular formula is C11H24N4O3S. The highest BCUT2D eigenvalue weighted by Crippen LogP contribution is 2.26. The van der Waals surface area contributed by atoms with Crippen molar-refractivity contribution in [3.63, 3.8) is 0 Å². The van der Waals surface area contributed by atoms with Gasteiger partial charge in [-0.1, -0.05) is 6.42 Å². The van der Waals surface area contributed by atoms with Crippen LogP contribution in [0.25, 0.3) is 0 Å². The fourth-order valence-electron chi connectivity index (χ4n) is 2.24.